The van der Waals surface area contributed by atoms with Gasteiger partial charge in [-0.15, -0.1) is 0 Å². The second-order valence-electron chi connectivity index (χ2n) is 4.88. The zero-order chi connectivity index (χ0) is 14.6. The molecule has 0 amide bonds. The van der Waals surface area contributed by atoms with E-state index in [9.17, 15) is 14.9 Å². The quantitative estimate of drug-likeness (QED) is 0.394. The molecule has 0 saturated heterocycles. The van der Waals surface area contributed by atoms with Gasteiger partial charge in [-0.1, -0.05) is 24.3 Å². The molecule has 5 heteroatoms. The Labute approximate surface area is 119 Å². The minimum Gasteiger partial charge on any atom is -0.287 e. The van der Waals surface area contributed by atoms with Crippen molar-refractivity contribution in [1.82, 2.24) is 4.98 Å². The van der Waals surface area contributed by atoms with Crippen LogP contribution in [0, 0.1) is 10.1 Å². The van der Waals surface area contributed by atoms with Gasteiger partial charge in [-0.2, -0.15) is 0 Å². The predicted molar refractivity (Wildman–Crippen MR) is 77.3 cm³/mol. The fourth-order valence-electron chi connectivity index (χ4n) is 2.85. The third-order valence-corrected chi connectivity index (χ3v) is 3.73. The van der Waals surface area contributed by atoms with Gasteiger partial charge in [-0.3, -0.25) is 19.9 Å². The van der Waals surface area contributed by atoms with E-state index in [4.69, 9.17) is 0 Å². The highest BCUT2D eigenvalue weighted by molar-refractivity contribution is 6.25. The van der Waals surface area contributed by atoms with E-state index in [0.717, 1.165) is 5.39 Å². The number of aromatic nitrogens is 1. The van der Waals surface area contributed by atoms with E-state index in [0.29, 0.717) is 27.8 Å². The van der Waals surface area contributed by atoms with E-state index in [1.165, 1.54) is 12.1 Å². The van der Waals surface area contributed by atoms with Crippen LogP contribution in [0.2, 0.25) is 0 Å². The molecule has 0 saturated carbocycles. The fraction of sp³-hybridized carbons (Fsp3) is 0. The maximum absolute atomic E-state index is 12.5. The topological polar surface area (TPSA) is 73.1 Å². The Bertz CT molecular complexity index is 947. The lowest BCUT2D eigenvalue weighted by Gasteiger charge is -2.18. The number of rotatable bonds is 1. The van der Waals surface area contributed by atoms with E-state index in [-0.39, 0.29) is 11.5 Å². The second kappa shape index (κ2) is 3.96. The van der Waals surface area contributed by atoms with Crippen molar-refractivity contribution >= 4 is 22.2 Å². The number of pyridine rings is 1. The molecule has 0 bridgehead atoms. The van der Waals surface area contributed by atoms with Gasteiger partial charge in [0.25, 0.3) is 5.69 Å². The van der Waals surface area contributed by atoms with Crippen LogP contribution in [0.15, 0.2) is 48.7 Å². The summed E-state index contributed by atoms with van der Waals surface area (Å²) in [6.07, 6.45) is 1.55. The number of fused-ring (bicyclic) bond motifs is 2. The average molecular weight is 276 g/mol. The van der Waals surface area contributed by atoms with Crippen molar-refractivity contribution in [3.8, 4) is 11.1 Å². The molecule has 0 radical (unpaired) electrons. The average Bonchev–Trinajstić information content (AvgIpc) is 2.51. The number of hydrogen-bond donors (Lipinski definition) is 0. The summed E-state index contributed by atoms with van der Waals surface area (Å²) in [5, 5.41) is 12.6. The molecule has 100 valence electrons. The van der Waals surface area contributed by atoms with E-state index in [2.05, 4.69) is 4.98 Å². The summed E-state index contributed by atoms with van der Waals surface area (Å²) in [6.45, 7) is 0. The molecule has 5 nitrogen and oxygen atoms in total. The molecule has 1 heterocycles. The molecule has 0 aliphatic heterocycles. The molecule has 4 rings (SSSR count). The van der Waals surface area contributed by atoms with E-state index in [1.54, 1.807) is 36.5 Å². The molecule has 1 aliphatic carbocycles. The first kappa shape index (κ1) is 11.7. The van der Waals surface area contributed by atoms with Gasteiger partial charge < -0.3 is 0 Å². The number of nitro benzene ring substituents is 1. The van der Waals surface area contributed by atoms with Gasteiger partial charge in [0.15, 0.2) is 0 Å². The van der Waals surface area contributed by atoms with Crippen molar-refractivity contribution in [3.63, 3.8) is 0 Å². The van der Waals surface area contributed by atoms with Crippen LogP contribution in [0.5, 0.6) is 0 Å². The number of nitrogens with zero attached hydrogens (tertiary/aromatic N) is 2. The Hall–Kier alpha value is -3.08. The van der Waals surface area contributed by atoms with Crippen LogP contribution in [0.3, 0.4) is 0 Å². The Morgan fingerprint density at radius 3 is 2.62 bits per heavy atom. The Kier molecular flexibility index (Phi) is 2.21. The highest BCUT2D eigenvalue weighted by Crippen LogP contribution is 2.40. The van der Waals surface area contributed by atoms with E-state index < -0.39 is 4.92 Å². The first-order valence-corrected chi connectivity index (χ1v) is 6.38. The van der Waals surface area contributed by atoms with Crippen LogP contribution in [0.4, 0.5) is 5.69 Å². The van der Waals surface area contributed by atoms with Gasteiger partial charge >= 0.3 is 0 Å². The van der Waals surface area contributed by atoms with Crippen LogP contribution < -0.4 is 0 Å². The van der Waals surface area contributed by atoms with Gasteiger partial charge in [0.2, 0.25) is 5.78 Å². The second-order valence-corrected chi connectivity index (χ2v) is 4.88. The summed E-state index contributed by atoms with van der Waals surface area (Å²) in [7, 11) is 0. The molecule has 0 spiro atoms. The number of nitro groups is 1. The number of carbonyl (C=O) groups is 1. The third kappa shape index (κ3) is 1.51. The molecule has 0 N–H and O–H groups in total. The Morgan fingerprint density at radius 2 is 1.81 bits per heavy atom. The molecule has 1 aliphatic rings. The largest absolute Gasteiger partial charge is 0.287 e. The van der Waals surface area contributed by atoms with Crippen molar-refractivity contribution < 1.29 is 9.72 Å². The Morgan fingerprint density at radius 1 is 1.00 bits per heavy atom. The number of benzene rings is 2. The number of non-ortho nitro benzene ring substituents is 1. The number of carbonyl (C=O) groups excluding carboxylic acids is 1. The number of hydrogen-bond acceptors (Lipinski definition) is 4. The van der Waals surface area contributed by atoms with Crippen LogP contribution in [0.1, 0.15) is 16.1 Å². The molecular weight excluding hydrogens is 268 g/mol. The SMILES string of the molecule is O=C1c2ncccc2-c2cc([N+](=O)[O-])cc3cccc1c23. The lowest BCUT2D eigenvalue weighted by Crippen LogP contribution is -2.12. The summed E-state index contributed by atoms with van der Waals surface area (Å²) in [4.78, 5) is 27.4. The first-order chi connectivity index (χ1) is 10.2. The summed E-state index contributed by atoms with van der Waals surface area (Å²) in [5.74, 6) is -0.141. The van der Waals surface area contributed by atoms with Crippen molar-refractivity contribution in [2.75, 3.05) is 0 Å². The highest BCUT2D eigenvalue weighted by Gasteiger charge is 2.27. The molecule has 0 unspecified atom stereocenters. The van der Waals surface area contributed by atoms with E-state index in [1.807, 2.05) is 0 Å². The molecule has 0 fully saturated rings. The lowest BCUT2D eigenvalue weighted by atomic mass is 9.85. The van der Waals surface area contributed by atoms with Gasteiger partial charge in [0.1, 0.15) is 5.69 Å². The standard InChI is InChI=1S/C16H8N2O3/c19-16-12-4-1-3-9-7-10(18(20)21)8-13(14(9)12)11-5-2-6-17-15(11)16/h1-8H. The monoisotopic (exact) mass is 276 g/mol. The molecule has 1 aromatic heterocycles. The minimum absolute atomic E-state index is 0.0128. The van der Waals surface area contributed by atoms with Crippen molar-refractivity contribution in [2.45, 2.75) is 0 Å². The summed E-state index contributed by atoms with van der Waals surface area (Å²) >= 11 is 0. The third-order valence-electron chi connectivity index (χ3n) is 3.73. The molecule has 21 heavy (non-hydrogen) atoms. The van der Waals surface area contributed by atoms with Crippen LogP contribution in [-0.4, -0.2) is 15.7 Å². The van der Waals surface area contributed by atoms with Crippen LogP contribution in [0.25, 0.3) is 21.9 Å². The normalized spacial score (nSPS) is 12.3. The molecule has 2 aromatic carbocycles. The highest BCUT2D eigenvalue weighted by atomic mass is 16.6. The van der Waals surface area contributed by atoms with Crippen LogP contribution in [-0.2, 0) is 0 Å². The molecule has 0 atom stereocenters. The van der Waals surface area contributed by atoms with Crippen molar-refractivity contribution in [3.05, 3.63) is 70.0 Å². The van der Waals surface area contributed by atoms with E-state index >= 15 is 0 Å². The zero-order valence-corrected chi connectivity index (χ0v) is 10.7. The maximum Gasteiger partial charge on any atom is 0.270 e. The van der Waals surface area contributed by atoms with Crippen molar-refractivity contribution in [1.29, 1.82) is 0 Å². The summed E-state index contributed by atoms with van der Waals surface area (Å²) in [6, 6.07) is 11.8. The maximum atomic E-state index is 12.5. The summed E-state index contributed by atoms with van der Waals surface area (Å²) in [5.41, 5.74) is 2.24. The van der Waals surface area contributed by atoms with Gasteiger partial charge in [0.05, 0.1) is 4.92 Å². The first-order valence-electron chi connectivity index (χ1n) is 6.38. The van der Waals surface area contributed by atoms with Crippen molar-refractivity contribution in [2.24, 2.45) is 0 Å². The zero-order valence-electron chi connectivity index (χ0n) is 10.7. The minimum atomic E-state index is -0.422. The lowest BCUT2D eigenvalue weighted by molar-refractivity contribution is -0.384. The Balaban J connectivity index is 2.23. The molecular formula is C16H8N2O3. The smallest absolute Gasteiger partial charge is 0.270 e. The number of ketones is 1. The fourth-order valence-corrected chi connectivity index (χ4v) is 2.85. The van der Waals surface area contributed by atoms with Gasteiger partial charge in [-0.05, 0) is 17.0 Å². The molecule has 3 aromatic rings. The van der Waals surface area contributed by atoms with Gasteiger partial charge in [0, 0.05) is 34.8 Å². The summed E-state index contributed by atoms with van der Waals surface area (Å²) < 4.78 is 0. The van der Waals surface area contributed by atoms with Gasteiger partial charge in [-0.25, -0.2) is 0 Å². The predicted octanol–water partition coefficient (Wildman–Crippen LogP) is 3.35. The van der Waals surface area contributed by atoms with Crippen LogP contribution >= 0.6 is 0 Å².